The third-order valence-corrected chi connectivity index (χ3v) is 4.33. The molecule has 1 fully saturated rings. The molecule has 1 heterocycles. The number of carboxylic acids is 1. The number of nitrogens with zero attached hydrogens (tertiary/aromatic N) is 1. The van der Waals surface area contributed by atoms with E-state index in [0.29, 0.717) is 31.3 Å². The van der Waals surface area contributed by atoms with E-state index in [4.69, 9.17) is 19.3 Å². The minimum atomic E-state index is -0.940. The molecule has 0 radical (unpaired) electrons. The summed E-state index contributed by atoms with van der Waals surface area (Å²) in [6, 6.07) is 17.0. The summed E-state index contributed by atoms with van der Waals surface area (Å²) in [4.78, 5) is 24.7. The highest BCUT2D eigenvalue weighted by molar-refractivity contribution is 5.78. The van der Waals surface area contributed by atoms with E-state index in [0.717, 1.165) is 5.56 Å². The van der Waals surface area contributed by atoms with Crippen molar-refractivity contribution in [2.24, 2.45) is 0 Å². The Morgan fingerprint density at radius 1 is 1.04 bits per heavy atom. The summed E-state index contributed by atoms with van der Waals surface area (Å²) in [5, 5.41) is 8.85. The van der Waals surface area contributed by atoms with E-state index >= 15 is 0 Å². The second-order valence-corrected chi connectivity index (χ2v) is 6.46. The molecule has 1 saturated heterocycles. The Morgan fingerprint density at radius 2 is 1.71 bits per heavy atom. The molecule has 2 aromatic rings. The molecule has 28 heavy (non-hydrogen) atoms. The number of carbonyl (C=O) groups is 2. The van der Waals surface area contributed by atoms with Crippen LogP contribution in [0.2, 0.25) is 0 Å². The maximum atomic E-state index is 12.3. The fourth-order valence-electron chi connectivity index (χ4n) is 2.87. The molecular formula is C21H23NO6. The van der Waals surface area contributed by atoms with Gasteiger partial charge in [0.05, 0.1) is 19.1 Å². The lowest BCUT2D eigenvalue weighted by Crippen LogP contribution is -2.47. The number of ether oxygens (including phenoxy) is 3. The van der Waals surface area contributed by atoms with E-state index in [1.807, 2.05) is 30.3 Å². The molecule has 1 unspecified atom stereocenters. The molecule has 0 spiro atoms. The predicted octanol–water partition coefficient (Wildman–Crippen LogP) is 2.35. The lowest BCUT2D eigenvalue weighted by molar-refractivity contribution is -0.148. The molecule has 0 aromatic heterocycles. The molecular weight excluding hydrogens is 362 g/mol. The number of morpholine rings is 1. The Morgan fingerprint density at radius 3 is 2.39 bits per heavy atom. The number of carbonyl (C=O) groups excluding carboxylic acids is 1. The van der Waals surface area contributed by atoms with Crippen LogP contribution < -0.4 is 9.47 Å². The molecule has 7 nitrogen and oxygen atoms in total. The average molecular weight is 385 g/mol. The first-order valence-electron chi connectivity index (χ1n) is 9.11. The Balaban J connectivity index is 1.44. The molecule has 148 valence electrons. The number of hydrogen-bond acceptors (Lipinski definition) is 5. The zero-order valence-electron chi connectivity index (χ0n) is 15.5. The van der Waals surface area contributed by atoms with Gasteiger partial charge in [-0.15, -0.1) is 0 Å². The van der Waals surface area contributed by atoms with E-state index in [1.165, 1.54) is 0 Å². The van der Waals surface area contributed by atoms with Crippen molar-refractivity contribution >= 4 is 11.9 Å². The van der Waals surface area contributed by atoms with Crippen LogP contribution in [0.25, 0.3) is 0 Å². The Kier molecular flexibility index (Phi) is 6.86. The van der Waals surface area contributed by atoms with Crippen LogP contribution in [0.5, 0.6) is 11.5 Å². The van der Waals surface area contributed by atoms with Gasteiger partial charge in [-0.3, -0.25) is 9.59 Å². The summed E-state index contributed by atoms with van der Waals surface area (Å²) in [5.74, 6) is 0.149. The van der Waals surface area contributed by atoms with Crippen molar-refractivity contribution in [1.82, 2.24) is 4.90 Å². The molecule has 1 N–H and O–H groups in total. The summed E-state index contributed by atoms with van der Waals surface area (Å²) in [6.45, 7) is 1.40. The standard InChI is InChI=1S/C21H23NO6/c23-20(22-10-11-26-19(13-22)12-21(24)25)15-28-18-8-6-17(7-9-18)27-14-16-4-2-1-3-5-16/h1-9,19H,10-15H2,(H,24,25). The average Bonchev–Trinajstić information content (AvgIpc) is 2.72. The van der Waals surface area contributed by atoms with Gasteiger partial charge in [-0.25, -0.2) is 0 Å². The van der Waals surface area contributed by atoms with Gasteiger partial charge >= 0.3 is 5.97 Å². The zero-order chi connectivity index (χ0) is 19.8. The van der Waals surface area contributed by atoms with Crippen LogP contribution >= 0.6 is 0 Å². The van der Waals surface area contributed by atoms with Gasteiger partial charge in [0.15, 0.2) is 6.61 Å². The Bertz CT molecular complexity index is 777. The van der Waals surface area contributed by atoms with Gasteiger partial charge in [-0.05, 0) is 29.8 Å². The van der Waals surface area contributed by atoms with Gasteiger partial charge < -0.3 is 24.2 Å². The third kappa shape index (κ3) is 5.99. The van der Waals surface area contributed by atoms with Crippen molar-refractivity contribution in [3.63, 3.8) is 0 Å². The number of carboxylic acid groups (broad SMARTS) is 1. The smallest absolute Gasteiger partial charge is 0.306 e. The number of rotatable bonds is 8. The van der Waals surface area contributed by atoms with Gasteiger partial charge in [0.25, 0.3) is 5.91 Å². The van der Waals surface area contributed by atoms with Crippen molar-refractivity contribution in [1.29, 1.82) is 0 Å². The Hall–Kier alpha value is -3.06. The topological polar surface area (TPSA) is 85.3 Å². The molecule has 1 atom stereocenters. The first-order valence-corrected chi connectivity index (χ1v) is 9.11. The maximum absolute atomic E-state index is 12.3. The van der Waals surface area contributed by atoms with Crippen LogP contribution in [0.1, 0.15) is 12.0 Å². The molecule has 7 heteroatoms. The van der Waals surface area contributed by atoms with E-state index in [-0.39, 0.29) is 25.5 Å². The molecule has 0 bridgehead atoms. The number of aliphatic carboxylic acids is 1. The SMILES string of the molecule is O=C(O)CC1CN(C(=O)COc2ccc(OCc3ccccc3)cc2)CCO1. The minimum Gasteiger partial charge on any atom is -0.489 e. The van der Waals surface area contributed by atoms with Gasteiger partial charge in [0.1, 0.15) is 18.1 Å². The van der Waals surface area contributed by atoms with E-state index in [9.17, 15) is 9.59 Å². The van der Waals surface area contributed by atoms with Gasteiger partial charge in [-0.2, -0.15) is 0 Å². The van der Waals surface area contributed by atoms with Gasteiger partial charge in [0, 0.05) is 13.1 Å². The van der Waals surface area contributed by atoms with Crippen LogP contribution in [0, 0.1) is 0 Å². The fourth-order valence-corrected chi connectivity index (χ4v) is 2.87. The number of amides is 1. The number of benzene rings is 2. The molecule has 2 aromatic carbocycles. The van der Waals surface area contributed by atoms with Crippen LogP contribution in [-0.2, 0) is 20.9 Å². The molecule has 1 aliphatic rings. The predicted molar refractivity (Wildman–Crippen MR) is 101 cm³/mol. The second-order valence-electron chi connectivity index (χ2n) is 6.46. The van der Waals surface area contributed by atoms with Crippen molar-refractivity contribution in [3.05, 3.63) is 60.2 Å². The summed E-state index contributed by atoms with van der Waals surface area (Å²) < 4.78 is 16.6. The van der Waals surface area contributed by atoms with Crippen molar-refractivity contribution < 1.29 is 28.9 Å². The van der Waals surface area contributed by atoms with E-state index in [1.54, 1.807) is 29.2 Å². The van der Waals surface area contributed by atoms with Gasteiger partial charge in [0.2, 0.25) is 0 Å². The summed E-state index contributed by atoms with van der Waals surface area (Å²) >= 11 is 0. The fraction of sp³-hybridized carbons (Fsp3) is 0.333. The normalized spacial score (nSPS) is 16.4. The van der Waals surface area contributed by atoms with E-state index < -0.39 is 12.1 Å². The van der Waals surface area contributed by atoms with Crippen molar-refractivity contribution in [2.75, 3.05) is 26.3 Å². The zero-order valence-corrected chi connectivity index (χ0v) is 15.5. The lowest BCUT2D eigenvalue weighted by Gasteiger charge is -2.32. The van der Waals surface area contributed by atoms with Crippen LogP contribution in [0.3, 0.4) is 0 Å². The number of hydrogen-bond donors (Lipinski definition) is 1. The third-order valence-electron chi connectivity index (χ3n) is 4.33. The molecule has 3 rings (SSSR count). The van der Waals surface area contributed by atoms with Crippen LogP contribution in [0.4, 0.5) is 0 Å². The minimum absolute atomic E-state index is 0.107. The quantitative estimate of drug-likeness (QED) is 0.751. The highest BCUT2D eigenvalue weighted by Gasteiger charge is 2.26. The maximum Gasteiger partial charge on any atom is 0.306 e. The summed E-state index contributed by atoms with van der Waals surface area (Å²) in [6.07, 6.45) is -0.592. The lowest BCUT2D eigenvalue weighted by atomic mass is 10.2. The molecule has 0 saturated carbocycles. The first kappa shape index (κ1) is 19.7. The molecule has 0 aliphatic carbocycles. The summed E-state index contributed by atoms with van der Waals surface area (Å²) in [7, 11) is 0. The monoisotopic (exact) mass is 385 g/mol. The van der Waals surface area contributed by atoms with E-state index in [2.05, 4.69) is 0 Å². The Labute approximate surface area is 163 Å². The molecule has 1 amide bonds. The highest BCUT2D eigenvalue weighted by atomic mass is 16.5. The first-order chi connectivity index (χ1) is 13.6. The van der Waals surface area contributed by atoms with Gasteiger partial charge in [-0.1, -0.05) is 30.3 Å². The van der Waals surface area contributed by atoms with Crippen LogP contribution in [0.15, 0.2) is 54.6 Å². The second kappa shape index (κ2) is 9.75. The summed E-state index contributed by atoms with van der Waals surface area (Å²) in [5.41, 5.74) is 1.08. The van der Waals surface area contributed by atoms with Crippen LogP contribution in [-0.4, -0.2) is 54.3 Å². The van der Waals surface area contributed by atoms with Crippen molar-refractivity contribution in [3.8, 4) is 11.5 Å². The largest absolute Gasteiger partial charge is 0.489 e. The molecule has 1 aliphatic heterocycles. The highest BCUT2D eigenvalue weighted by Crippen LogP contribution is 2.19. The van der Waals surface area contributed by atoms with Crippen molar-refractivity contribution in [2.45, 2.75) is 19.1 Å².